The lowest BCUT2D eigenvalue weighted by Gasteiger charge is -2.17. The van der Waals surface area contributed by atoms with Crippen molar-refractivity contribution in [2.75, 3.05) is 47.6 Å². The first-order chi connectivity index (χ1) is 47.8. The number of aryl methyl sites for hydroxylation is 2. The average Bonchev–Trinajstić information content (AvgIpc) is 1.66. The minimum absolute atomic E-state index is 0.0302. The maximum atomic E-state index is 11.9. The molecule has 103 heavy (non-hydrogen) atoms. The number of nitrogens with one attached hydrogen (secondary N) is 2. The number of thiazole rings is 5. The van der Waals surface area contributed by atoms with E-state index in [1.807, 2.05) is 79.7 Å². The molecule has 7 heterocycles. The van der Waals surface area contributed by atoms with Crippen molar-refractivity contribution in [3.8, 4) is 5.69 Å². The molecule has 13 rings (SSSR count). The predicted octanol–water partition coefficient (Wildman–Crippen LogP) is 20.3. The normalized spacial score (nSPS) is 11.9. The van der Waals surface area contributed by atoms with Gasteiger partial charge in [0.1, 0.15) is 18.0 Å². The Morgan fingerprint density at radius 2 is 0.845 bits per heavy atom. The minimum Gasteiger partial charge on any atom is -0.345 e. The van der Waals surface area contributed by atoms with E-state index in [1.165, 1.54) is 34.4 Å². The fourth-order valence-electron chi connectivity index (χ4n) is 9.79. The summed E-state index contributed by atoms with van der Waals surface area (Å²) in [7, 11) is 12.5. The van der Waals surface area contributed by atoms with Gasteiger partial charge in [-0.25, -0.2) is 49.2 Å². The van der Waals surface area contributed by atoms with E-state index in [4.69, 9.17) is 4.98 Å². The van der Waals surface area contributed by atoms with Crippen LogP contribution in [-0.4, -0.2) is 124 Å². The third kappa shape index (κ3) is 21.3. The number of nitrogens with zero attached hydrogens (tertiary/aromatic N) is 13. The molecular formula is C80H103N15O3S5. The van der Waals surface area contributed by atoms with E-state index in [9.17, 15) is 14.4 Å². The number of urea groups is 2. The fourth-order valence-corrected chi connectivity index (χ4v) is 15.1. The molecule has 0 saturated heterocycles. The van der Waals surface area contributed by atoms with Gasteiger partial charge in [0.25, 0.3) is 5.91 Å². The quantitative estimate of drug-likeness (QED) is 0.166. The molecule has 7 aromatic heterocycles. The van der Waals surface area contributed by atoms with Crippen molar-refractivity contribution in [1.29, 1.82) is 0 Å². The lowest BCUT2D eigenvalue weighted by Crippen LogP contribution is -2.33. The summed E-state index contributed by atoms with van der Waals surface area (Å²) in [5.74, 6) is 1.95. The van der Waals surface area contributed by atoms with Gasteiger partial charge in [-0.2, -0.15) is 5.10 Å². The highest BCUT2D eigenvalue weighted by molar-refractivity contribution is 7.20. The Morgan fingerprint density at radius 3 is 1.29 bits per heavy atom. The second-order valence-corrected chi connectivity index (χ2v) is 37.3. The molecule has 0 atom stereocenters. The van der Waals surface area contributed by atoms with E-state index >= 15 is 0 Å². The van der Waals surface area contributed by atoms with Gasteiger partial charge in [-0.05, 0) is 103 Å². The van der Waals surface area contributed by atoms with Gasteiger partial charge in [-0.15, -0.1) is 56.7 Å². The van der Waals surface area contributed by atoms with Gasteiger partial charge >= 0.3 is 12.1 Å². The van der Waals surface area contributed by atoms with Crippen LogP contribution in [-0.2, 0) is 46.1 Å². The Labute approximate surface area is 628 Å². The summed E-state index contributed by atoms with van der Waals surface area (Å²) in [4.78, 5) is 71.7. The summed E-state index contributed by atoms with van der Waals surface area (Å²) in [5, 5.41) is 15.8. The van der Waals surface area contributed by atoms with Gasteiger partial charge < -0.3 is 29.9 Å². The zero-order valence-corrected chi connectivity index (χ0v) is 69.0. The van der Waals surface area contributed by atoms with E-state index in [-0.39, 0.29) is 50.5 Å². The van der Waals surface area contributed by atoms with Crippen molar-refractivity contribution in [2.45, 2.75) is 171 Å². The van der Waals surface area contributed by atoms with Crippen LogP contribution in [0.3, 0.4) is 0 Å². The van der Waals surface area contributed by atoms with Gasteiger partial charge in [0.2, 0.25) is 0 Å². The number of carbonyl (C=O) groups excluding carboxylic acids is 3. The lowest BCUT2D eigenvalue weighted by molar-refractivity contribution is 0.0827. The highest BCUT2D eigenvalue weighted by Crippen LogP contribution is 2.37. The third-order valence-electron chi connectivity index (χ3n) is 15.6. The molecule has 0 aliphatic heterocycles. The first-order valence-corrected chi connectivity index (χ1v) is 38.4. The largest absolute Gasteiger partial charge is 0.345 e. The van der Waals surface area contributed by atoms with Crippen LogP contribution in [0.1, 0.15) is 177 Å². The molecule has 0 aliphatic carbocycles. The summed E-state index contributed by atoms with van der Waals surface area (Å²) in [6.45, 7) is 41.6. The number of aromatic nitrogens is 10. The monoisotopic (exact) mass is 1480 g/mol. The Hall–Kier alpha value is -8.61. The number of hydrogen-bond donors (Lipinski definition) is 2. The molecule has 0 fully saturated rings. The van der Waals surface area contributed by atoms with E-state index in [1.54, 1.807) is 115 Å². The van der Waals surface area contributed by atoms with E-state index in [0.29, 0.717) is 6.54 Å². The van der Waals surface area contributed by atoms with Crippen LogP contribution in [0.4, 0.5) is 15.3 Å². The van der Waals surface area contributed by atoms with Crippen molar-refractivity contribution in [3.05, 3.63) is 175 Å². The van der Waals surface area contributed by atoms with Crippen LogP contribution < -0.4 is 10.6 Å². The maximum Gasteiger partial charge on any atom is 0.321 e. The van der Waals surface area contributed by atoms with Crippen LogP contribution in [0.25, 0.3) is 67.8 Å². The first-order valence-electron chi connectivity index (χ1n) is 34.3. The van der Waals surface area contributed by atoms with E-state index in [0.717, 1.165) is 96.7 Å². The highest BCUT2D eigenvalue weighted by atomic mass is 32.1. The SMILES string of the molecule is CC(C)(C)c1nc2ccccc2s1.CN(C)C(=O)NCc1ccc2nc(C(C)(C)C)sc2c1.CN(C)C(=O)Nc1ccc2nc(C(C)(C)C)sc2c1.CN(C)C(=O)c1ccc2nc(C(C)(C)C)sc2c1.Cc1ncn(-c2ccc3nc(C(C)(C)C)sc3c2)n1.Cn1c(C(C)(C)C)nc2ccccc21. The molecule has 6 aromatic carbocycles. The van der Waals surface area contributed by atoms with Gasteiger partial charge in [0.15, 0.2) is 0 Å². The minimum atomic E-state index is -0.125. The molecule has 0 radical (unpaired) electrons. The second kappa shape index (κ2) is 32.2. The van der Waals surface area contributed by atoms with Crippen LogP contribution in [0.5, 0.6) is 0 Å². The predicted molar refractivity (Wildman–Crippen MR) is 437 cm³/mol. The van der Waals surface area contributed by atoms with E-state index in [2.05, 4.69) is 230 Å². The van der Waals surface area contributed by atoms with Crippen molar-refractivity contribution in [2.24, 2.45) is 7.05 Å². The average molecular weight is 1480 g/mol. The summed E-state index contributed by atoms with van der Waals surface area (Å²) in [6, 6.07) is 40.2. The molecule has 2 N–H and O–H groups in total. The number of para-hydroxylation sites is 3. The molecular weight excluding hydrogens is 1380 g/mol. The van der Waals surface area contributed by atoms with Gasteiger partial charge in [0, 0.05) is 99.6 Å². The number of benzene rings is 6. The Kier molecular flexibility index (Phi) is 25.0. The van der Waals surface area contributed by atoms with Crippen LogP contribution in [0, 0.1) is 6.92 Å². The molecule has 0 bridgehead atoms. The number of carbonyl (C=O) groups is 3. The number of hydrogen-bond acceptors (Lipinski definition) is 16. The smallest absolute Gasteiger partial charge is 0.321 e. The molecule has 23 heteroatoms. The molecule has 0 saturated carbocycles. The summed E-state index contributed by atoms with van der Waals surface area (Å²) >= 11 is 8.61. The van der Waals surface area contributed by atoms with Gasteiger partial charge in [-0.1, -0.05) is 155 Å². The molecule has 5 amide bonds. The number of rotatable bonds is 5. The molecule has 546 valence electrons. The summed E-state index contributed by atoms with van der Waals surface area (Å²) < 4.78 is 9.80. The number of amides is 5. The number of anilines is 1. The number of imidazole rings is 1. The van der Waals surface area contributed by atoms with Crippen molar-refractivity contribution in [3.63, 3.8) is 0 Å². The molecule has 0 spiro atoms. The maximum absolute atomic E-state index is 11.9. The zero-order valence-electron chi connectivity index (χ0n) is 64.9. The Bertz CT molecular complexity index is 5040. The van der Waals surface area contributed by atoms with Crippen LogP contribution >= 0.6 is 56.7 Å². The fraction of sp³-hybridized carbons (Fsp3) is 0.412. The third-order valence-corrected chi connectivity index (χ3v) is 22.8. The Morgan fingerprint density at radius 1 is 0.427 bits per heavy atom. The molecule has 0 aliphatic rings. The van der Waals surface area contributed by atoms with Crippen molar-refractivity contribution in [1.82, 2.24) is 69.3 Å². The van der Waals surface area contributed by atoms with E-state index < -0.39 is 0 Å². The lowest BCUT2D eigenvalue weighted by atomic mass is 9.96. The van der Waals surface area contributed by atoms with Gasteiger partial charge in [0.05, 0.1) is 92.8 Å². The number of fused-ring (bicyclic) bond motifs is 6. The summed E-state index contributed by atoms with van der Waals surface area (Å²) in [5.41, 5.74) is 11.6. The summed E-state index contributed by atoms with van der Waals surface area (Å²) in [6.07, 6.45) is 1.74. The zero-order chi connectivity index (χ0) is 76.1. The second-order valence-electron chi connectivity index (χ2n) is 32.2. The molecule has 0 unspecified atom stereocenters. The standard InChI is InChI=1S/C15H21N3OS.C14H16N4S.C14H19N3OS.C14H18N2OS.C12H16N2.C11H13NS/c1-15(2,3)13-17-11-7-6-10(8-12(11)20-13)9-16-14(19)18(4)5;1-9-15-8-18(17-9)10-5-6-11-12(7-10)19-13(16-11)14(2,3)4;1-14(2,3)12-16-10-7-6-9(8-11(10)19-12)15-13(18)17(4)5;1-14(2,3)13-15-10-7-6-9(8-11(10)18-13)12(17)16(4)5;1-12(2,3)11-13-9-7-5-6-8-10(9)14(11)4;1-11(2,3)10-12-8-6-4-5-7-9(8)13-10/h6-8H,9H2,1-5H3,(H,16,19);5-8H,1-4H3;6-8H,1-5H3,(H,15,18);6-8H,1-5H3;5-8H,1-4H3;4-7H,1-3H3. The van der Waals surface area contributed by atoms with Crippen molar-refractivity contribution < 1.29 is 14.4 Å². The van der Waals surface area contributed by atoms with Crippen LogP contribution in [0.2, 0.25) is 0 Å². The first kappa shape index (κ1) is 80.1. The Balaban J connectivity index is 0.000000158. The van der Waals surface area contributed by atoms with Crippen LogP contribution in [0.15, 0.2) is 128 Å². The van der Waals surface area contributed by atoms with Crippen molar-refractivity contribution >= 4 is 142 Å². The van der Waals surface area contributed by atoms with Gasteiger partial charge in [-0.3, -0.25) is 4.79 Å². The topological polar surface area (TPSA) is 198 Å². The molecule has 18 nitrogen and oxygen atoms in total. The highest BCUT2D eigenvalue weighted by Gasteiger charge is 2.25. The molecule has 13 aromatic rings.